The van der Waals surface area contributed by atoms with Crippen molar-refractivity contribution in [2.24, 2.45) is 0 Å². The molecule has 0 N–H and O–H groups in total. The molecule has 0 unspecified atom stereocenters. The molecule has 0 bridgehead atoms. The molecular weight excluding hydrogens is 240 g/mol. The SMILES string of the molecule is Cc1ccc2c(c1C)[SiH2]O[SiH2]c1ccccc1-2. The second kappa shape index (κ2) is 4.25. The molecule has 0 spiro atoms. The van der Waals surface area contributed by atoms with Crippen molar-refractivity contribution in [3.63, 3.8) is 0 Å². The van der Waals surface area contributed by atoms with Crippen molar-refractivity contribution in [1.29, 1.82) is 0 Å². The first-order valence-corrected chi connectivity index (χ1v) is 8.59. The van der Waals surface area contributed by atoms with E-state index in [2.05, 4.69) is 50.2 Å². The van der Waals surface area contributed by atoms with E-state index in [0.29, 0.717) is 0 Å². The lowest BCUT2D eigenvalue weighted by Gasteiger charge is -2.12. The largest absolute Gasteiger partial charge is 0.458 e. The first kappa shape index (κ1) is 11.0. The summed E-state index contributed by atoms with van der Waals surface area (Å²) in [6.45, 7) is 4.43. The Labute approximate surface area is 107 Å². The van der Waals surface area contributed by atoms with Gasteiger partial charge in [0.25, 0.3) is 0 Å². The molecule has 1 heterocycles. The molecule has 0 atom stereocenters. The average molecular weight is 256 g/mol. The van der Waals surface area contributed by atoms with Crippen molar-refractivity contribution in [3.8, 4) is 11.1 Å². The lowest BCUT2D eigenvalue weighted by atomic mass is 10.00. The van der Waals surface area contributed by atoms with E-state index in [1.165, 1.54) is 32.6 Å². The Bertz CT molecular complexity index is 578. The van der Waals surface area contributed by atoms with Crippen molar-refractivity contribution in [3.05, 3.63) is 47.5 Å². The number of hydrogen-bond acceptors (Lipinski definition) is 1. The number of aryl methyl sites for hydroxylation is 1. The molecule has 0 saturated heterocycles. The van der Waals surface area contributed by atoms with Gasteiger partial charge < -0.3 is 4.12 Å². The van der Waals surface area contributed by atoms with Gasteiger partial charge in [0.15, 0.2) is 19.5 Å². The summed E-state index contributed by atoms with van der Waals surface area (Å²) >= 11 is 0. The molecule has 3 rings (SSSR count). The van der Waals surface area contributed by atoms with E-state index in [1.807, 2.05) is 0 Å². The van der Waals surface area contributed by atoms with Crippen molar-refractivity contribution >= 4 is 29.9 Å². The summed E-state index contributed by atoms with van der Waals surface area (Å²) in [6, 6.07) is 13.3. The van der Waals surface area contributed by atoms with Gasteiger partial charge in [0.05, 0.1) is 0 Å². The molecule has 1 aliphatic heterocycles. The van der Waals surface area contributed by atoms with E-state index < -0.39 is 19.5 Å². The van der Waals surface area contributed by atoms with E-state index in [4.69, 9.17) is 4.12 Å². The van der Waals surface area contributed by atoms with Gasteiger partial charge in [-0.25, -0.2) is 0 Å². The fourth-order valence-electron chi connectivity index (χ4n) is 2.48. The summed E-state index contributed by atoms with van der Waals surface area (Å²) < 4.78 is 6.06. The predicted octanol–water partition coefficient (Wildman–Crippen LogP) is 0.419. The standard InChI is InChI=1S/C14H16OSi2/c1-9-7-8-12-11-5-3-4-6-13(11)16-15-17-14(12)10(9)2/h3-8H,16-17H2,1-2H3. The summed E-state index contributed by atoms with van der Waals surface area (Å²) in [7, 11) is -1.04. The Balaban J connectivity index is 2.30. The molecule has 0 fully saturated rings. The monoisotopic (exact) mass is 256 g/mol. The zero-order valence-corrected chi connectivity index (χ0v) is 13.1. The Morgan fingerprint density at radius 1 is 0.882 bits per heavy atom. The van der Waals surface area contributed by atoms with Gasteiger partial charge >= 0.3 is 0 Å². The fraction of sp³-hybridized carbons (Fsp3) is 0.143. The molecule has 0 aromatic heterocycles. The summed E-state index contributed by atoms with van der Waals surface area (Å²) in [6.07, 6.45) is 0. The minimum atomic E-state index is -0.530. The molecule has 86 valence electrons. The van der Waals surface area contributed by atoms with Gasteiger partial charge in [0, 0.05) is 0 Å². The van der Waals surface area contributed by atoms with E-state index >= 15 is 0 Å². The van der Waals surface area contributed by atoms with Gasteiger partial charge in [0.1, 0.15) is 0 Å². The Hall–Kier alpha value is -1.17. The number of benzene rings is 2. The molecule has 2 aromatic carbocycles. The highest BCUT2D eigenvalue weighted by atomic mass is 28.3. The second-order valence-electron chi connectivity index (χ2n) is 4.68. The van der Waals surface area contributed by atoms with E-state index in [9.17, 15) is 0 Å². The average Bonchev–Trinajstić information content (AvgIpc) is 2.54. The van der Waals surface area contributed by atoms with Crippen LogP contribution in [0.5, 0.6) is 0 Å². The predicted molar refractivity (Wildman–Crippen MR) is 78.8 cm³/mol. The van der Waals surface area contributed by atoms with Crippen LogP contribution in [-0.4, -0.2) is 19.5 Å². The highest BCUT2D eigenvalue weighted by Gasteiger charge is 2.16. The summed E-state index contributed by atoms with van der Waals surface area (Å²) in [5.41, 5.74) is 5.68. The zero-order chi connectivity index (χ0) is 11.8. The third-order valence-corrected chi connectivity index (χ3v) is 7.44. The smallest absolute Gasteiger partial charge is 0.179 e. The van der Waals surface area contributed by atoms with Gasteiger partial charge in [-0.05, 0) is 46.5 Å². The van der Waals surface area contributed by atoms with Crippen LogP contribution in [0.25, 0.3) is 11.1 Å². The van der Waals surface area contributed by atoms with Gasteiger partial charge in [-0.15, -0.1) is 0 Å². The molecule has 0 aliphatic carbocycles. The molecule has 1 aliphatic rings. The van der Waals surface area contributed by atoms with Crippen LogP contribution in [0.15, 0.2) is 36.4 Å². The van der Waals surface area contributed by atoms with Gasteiger partial charge in [-0.3, -0.25) is 0 Å². The van der Waals surface area contributed by atoms with Crippen LogP contribution in [-0.2, 0) is 4.12 Å². The van der Waals surface area contributed by atoms with E-state index in [-0.39, 0.29) is 0 Å². The summed E-state index contributed by atoms with van der Waals surface area (Å²) in [5.74, 6) is 0. The van der Waals surface area contributed by atoms with Crippen LogP contribution in [0.3, 0.4) is 0 Å². The third kappa shape index (κ3) is 1.80. The van der Waals surface area contributed by atoms with Crippen LogP contribution < -0.4 is 10.4 Å². The van der Waals surface area contributed by atoms with Crippen LogP contribution in [0.4, 0.5) is 0 Å². The molecule has 0 radical (unpaired) electrons. The fourth-order valence-corrected chi connectivity index (χ4v) is 6.24. The maximum atomic E-state index is 6.06. The van der Waals surface area contributed by atoms with Crippen molar-refractivity contribution < 1.29 is 4.12 Å². The van der Waals surface area contributed by atoms with Gasteiger partial charge in [-0.1, -0.05) is 36.4 Å². The number of hydrogen-bond donors (Lipinski definition) is 0. The highest BCUT2D eigenvalue weighted by Crippen LogP contribution is 2.19. The van der Waals surface area contributed by atoms with E-state index in [1.54, 1.807) is 0 Å². The maximum Gasteiger partial charge on any atom is 0.179 e. The first-order chi connectivity index (χ1) is 8.27. The molecule has 1 nitrogen and oxygen atoms in total. The molecular formula is C14H16OSi2. The third-order valence-electron chi connectivity index (χ3n) is 3.68. The molecule has 2 aromatic rings. The maximum absolute atomic E-state index is 6.06. The minimum absolute atomic E-state index is 0.508. The van der Waals surface area contributed by atoms with Gasteiger partial charge in [-0.2, -0.15) is 0 Å². The van der Waals surface area contributed by atoms with Crippen LogP contribution in [0, 0.1) is 13.8 Å². The first-order valence-electron chi connectivity index (χ1n) is 6.02. The number of rotatable bonds is 0. The Morgan fingerprint density at radius 2 is 1.71 bits per heavy atom. The normalized spacial score (nSPS) is 16.6. The van der Waals surface area contributed by atoms with Crippen molar-refractivity contribution in [2.45, 2.75) is 13.8 Å². The Morgan fingerprint density at radius 3 is 2.59 bits per heavy atom. The van der Waals surface area contributed by atoms with Crippen molar-refractivity contribution in [2.75, 3.05) is 0 Å². The minimum Gasteiger partial charge on any atom is -0.458 e. The second-order valence-corrected chi connectivity index (χ2v) is 8.36. The Kier molecular flexibility index (Phi) is 2.74. The van der Waals surface area contributed by atoms with E-state index in [0.717, 1.165) is 0 Å². The summed E-state index contributed by atoms with van der Waals surface area (Å²) in [5, 5.41) is 2.98. The lowest BCUT2D eigenvalue weighted by Crippen LogP contribution is -2.24. The van der Waals surface area contributed by atoms with Gasteiger partial charge in [0.2, 0.25) is 0 Å². The quantitative estimate of drug-likeness (QED) is 0.621. The molecule has 0 saturated carbocycles. The van der Waals surface area contributed by atoms with Crippen molar-refractivity contribution in [1.82, 2.24) is 0 Å². The topological polar surface area (TPSA) is 9.23 Å². The molecule has 17 heavy (non-hydrogen) atoms. The summed E-state index contributed by atoms with van der Waals surface area (Å²) in [4.78, 5) is 0. The lowest BCUT2D eigenvalue weighted by molar-refractivity contribution is 0.664. The van der Waals surface area contributed by atoms with Crippen LogP contribution in [0.2, 0.25) is 0 Å². The molecule has 3 heteroatoms. The van der Waals surface area contributed by atoms with Crippen LogP contribution >= 0.6 is 0 Å². The zero-order valence-electron chi connectivity index (χ0n) is 10.3. The highest BCUT2D eigenvalue weighted by molar-refractivity contribution is 6.64. The van der Waals surface area contributed by atoms with Crippen LogP contribution in [0.1, 0.15) is 11.1 Å². The number of fused-ring (bicyclic) bond motifs is 3. The molecule has 0 amide bonds.